The number of fused-ring (bicyclic) bond motifs is 2. The Morgan fingerprint density at radius 2 is 1.30 bits per heavy atom. The summed E-state index contributed by atoms with van der Waals surface area (Å²) in [5.74, 6) is 4.49. The predicted octanol–water partition coefficient (Wildman–Crippen LogP) is 8.11. The molecule has 47 heavy (non-hydrogen) atoms. The Balaban J connectivity index is 0.000000138. The molecule has 2 aliphatic rings. The first-order valence-corrected chi connectivity index (χ1v) is 16.4. The quantitative estimate of drug-likeness (QED) is 0.0911. The molecular weight excluding hydrogens is 618 g/mol. The first kappa shape index (κ1) is 32.2. The van der Waals surface area contributed by atoms with Gasteiger partial charge < -0.3 is 24.7 Å². The minimum absolute atomic E-state index is 0.0265. The van der Waals surface area contributed by atoms with Gasteiger partial charge in [0.05, 0.1) is 45.6 Å². The molecule has 6 aromatic rings. The van der Waals surface area contributed by atoms with Crippen LogP contribution in [-0.4, -0.2) is 41.3 Å². The number of nitrogens with two attached hydrogens (primary N) is 1. The lowest BCUT2D eigenvalue weighted by Crippen LogP contribution is -2.03. The third kappa shape index (κ3) is 7.62. The zero-order chi connectivity index (χ0) is 32.9. The summed E-state index contributed by atoms with van der Waals surface area (Å²) in [5.41, 5.74) is 12.5. The molecule has 4 aromatic heterocycles. The number of nitrogen functional groups attached to an aromatic ring is 1. The van der Waals surface area contributed by atoms with Gasteiger partial charge >= 0.3 is 0 Å². The first-order chi connectivity index (χ1) is 22.7. The van der Waals surface area contributed by atoms with Crippen LogP contribution in [0.1, 0.15) is 113 Å². The fourth-order valence-electron chi connectivity index (χ4n) is 6.35. The second kappa shape index (κ2) is 14.3. The summed E-state index contributed by atoms with van der Waals surface area (Å²) in [6.07, 6.45) is 13.4. The van der Waals surface area contributed by atoms with Crippen molar-refractivity contribution in [2.75, 3.05) is 5.73 Å². The molecule has 0 saturated heterocycles. The Morgan fingerprint density at radius 3 is 1.79 bits per heavy atom. The second-order valence-corrected chi connectivity index (χ2v) is 12.6. The van der Waals surface area contributed by atoms with Crippen molar-refractivity contribution in [1.29, 1.82) is 0 Å². The number of rotatable bonds is 6. The fourth-order valence-corrected chi connectivity index (χ4v) is 6.53. The lowest BCUT2D eigenvalue weighted by atomic mass is 10.0. The van der Waals surface area contributed by atoms with E-state index in [0.29, 0.717) is 40.9 Å². The van der Waals surface area contributed by atoms with Gasteiger partial charge in [0, 0.05) is 23.9 Å². The standard InChI is InChI=1S/C18H19N3O2.C12H15N3.C5H4ClNO2/c1-11-14(10-19-23-11)17(22)9-12-6-7-15-16(8-12)21-18(20-15)13-4-2-3-5-13;13-9-5-6-10-11(7-9)15-12(14-10)8-3-1-2-4-8;1-3-4(5(6)8)2-7-9-3/h6-8,10,13H,2-5,9H2,1H3,(H,20,21);5-8H,1-4,13H2,(H,14,15);2H,1H3. The number of aryl methyl sites for hydroxylation is 2. The van der Waals surface area contributed by atoms with Crippen LogP contribution in [0.15, 0.2) is 57.8 Å². The summed E-state index contributed by atoms with van der Waals surface area (Å²) in [6, 6.07) is 11.8. The van der Waals surface area contributed by atoms with Crippen molar-refractivity contribution < 1.29 is 18.6 Å². The van der Waals surface area contributed by atoms with Crippen LogP contribution in [0, 0.1) is 13.8 Å². The third-order valence-electron chi connectivity index (χ3n) is 8.95. The number of benzene rings is 2. The molecule has 11 nitrogen and oxygen atoms in total. The van der Waals surface area contributed by atoms with E-state index in [0.717, 1.165) is 45.0 Å². The number of imidazole rings is 2. The van der Waals surface area contributed by atoms with Crippen LogP contribution < -0.4 is 5.73 Å². The van der Waals surface area contributed by atoms with E-state index in [2.05, 4.69) is 29.8 Å². The fraction of sp³-hybridized carbons (Fsp3) is 0.371. The topological polar surface area (TPSA) is 170 Å². The van der Waals surface area contributed by atoms with Crippen molar-refractivity contribution in [3.63, 3.8) is 0 Å². The summed E-state index contributed by atoms with van der Waals surface area (Å²) < 4.78 is 9.54. The number of hydrogen-bond donors (Lipinski definition) is 3. The highest BCUT2D eigenvalue weighted by Gasteiger charge is 2.21. The minimum atomic E-state index is -0.534. The molecule has 2 aliphatic carbocycles. The summed E-state index contributed by atoms with van der Waals surface area (Å²) in [6.45, 7) is 3.38. The molecule has 0 aliphatic heterocycles. The number of carbonyl (C=O) groups excluding carboxylic acids is 2. The maximum absolute atomic E-state index is 12.3. The molecule has 4 heterocycles. The van der Waals surface area contributed by atoms with Crippen LogP contribution in [0.3, 0.4) is 0 Å². The van der Waals surface area contributed by atoms with Gasteiger partial charge in [-0.05, 0) is 87.0 Å². The highest BCUT2D eigenvalue weighted by Crippen LogP contribution is 2.34. The van der Waals surface area contributed by atoms with Crippen molar-refractivity contribution in [2.24, 2.45) is 0 Å². The zero-order valence-electron chi connectivity index (χ0n) is 26.5. The molecule has 0 bridgehead atoms. The van der Waals surface area contributed by atoms with Crippen molar-refractivity contribution in [3.05, 3.63) is 88.7 Å². The Kier molecular flexibility index (Phi) is 9.81. The number of nitrogens with zero attached hydrogens (tertiary/aromatic N) is 4. The van der Waals surface area contributed by atoms with Gasteiger partial charge in [0.15, 0.2) is 5.78 Å². The molecule has 12 heteroatoms. The average Bonchev–Trinajstić information content (AvgIpc) is 3.89. The Hall–Kier alpha value is -4.77. The van der Waals surface area contributed by atoms with Crippen LogP contribution in [0.2, 0.25) is 0 Å². The number of ketones is 1. The smallest absolute Gasteiger partial charge is 0.257 e. The summed E-state index contributed by atoms with van der Waals surface area (Å²) >= 11 is 5.11. The van der Waals surface area contributed by atoms with Crippen LogP contribution in [0.4, 0.5) is 5.69 Å². The lowest BCUT2D eigenvalue weighted by Gasteiger charge is -2.02. The molecule has 2 saturated carbocycles. The Morgan fingerprint density at radius 1 is 0.787 bits per heavy atom. The Bertz CT molecular complexity index is 1990. The van der Waals surface area contributed by atoms with Gasteiger partial charge in [-0.15, -0.1) is 0 Å². The van der Waals surface area contributed by atoms with E-state index in [1.807, 2.05) is 36.4 Å². The molecule has 8 rings (SSSR count). The normalized spacial score (nSPS) is 15.0. The molecule has 0 atom stereocenters. The van der Waals surface area contributed by atoms with Gasteiger partial charge in [0.2, 0.25) is 0 Å². The monoisotopic (exact) mass is 655 g/mol. The number of H-pyrrole nitrogens is 2. The summed E-state index contributed by atoms with van der Waals surface area (Å²) in [4.78, 5) is 38.9. The molecular formula is C35H38ClN7O4. The van der Waals surface area contributed by atoms with Crippen LogP contribution in [0.5, 0.6) is 0 Å². The number of halogens is 1. The van der Waals surface area contributed by atoms with Gasteiger partial charge in [0.25, 0.3) is 5.24 Å². The highest BCUT2D eigenvalue weighted by molar-refractivity contribution is 6.67. The third-order valence-corrected chi connectivity index (χ3v) is 9.15. The van der Waals surface area contributed by atoms with Crippen LogP contribution in [-0.2, 0) is 6.42 Å². The number of aromatic amines is 2. The van der Waals surface area contributed by atoms with Crippen molar-refractivity contribution in [2.45, 2.75) is 83.5 Å². The van der Waals surface area contributed by atoms with E-state index in [9.17, 15) is 9.59 Å². The summed E-state index contributed by atoms with van der Waals surface area (Å²) in [5, 5.41) is 6.50. The number of hydrogen-bond acceptors (Lipinski definition) is 9. The van der Waals surface area contributed by atoms with E-state index >= 15 is 0 Å². The summed E-state index contributed by atoms with van der Waals surface area (Å²) in [7, 11) is 0. The van der Waals surface area contributed by atoms with E-state index in [4.69, 9.17) is 26.8 Å². The largest absolute Gasteiger partial charge is 0.399 e. The number of Topliss-reactive ketones (excluding diaryl/α,β-unsaturated/α-hetero) is 1. The molecule has 2 aromatic carbocycles. The van der Waals surface area contributed by atoms with Gasteiger partial charge in [-0.3, -0.25) is 9.59 Å². The van der Waals surface area contributed by atoms with E-state index in [1.54, 1.807) is 13.8 Å². The predicted molar refractivity (Wildman–Crippen MR) is 180 cm³/mol. The van der Waals surface area contributed by atoms with Gasteiger partial charge in [-0.1, -0.05) is 42.1 Å². The Labute approximate surface area is 276 Å². The molecule has 2 fully saturated rings. The number of aromatic nitrogens is 6. The maximum atomic E-state index is 12.3. The van der Waals surface area contributed by atoms with Crippen molar-refractivity contribution in [3.8, 4) is 0 Å². The molecule has 0 amide bonds. The van der Waals surface area contributed by atoms with Crippen LogP contribution >= 0.6 is 11.6 Å². The number of anilines is 1. The minimum Gasteiger partial charge on any atom is -0.399 e. The van der Waals surface area contributed by atoms with Crippen LogP contribution in [0.25, 0.3) is 22.1 Å². The highest BCUT2D eigenvalue weighted by atomic mass is 35.5. The van der Waals surface area contributed by atoms with E-state index in [-0.39, 0.29) is 5.78 Å². The molecule has 0 radical (unpaired) electrons. The van der Waals surface area contributed by atoms with Crippen molar-refractivity contribution >= 4 is 50.4 Å². The number of carbonyl (C=O) groups is 2. The van der Waals surface area contributed by atoms with E-state index in [1.165, 1.54) is 63.8 Å². The van der Waals surface area contributed by atoms with Crippen molar-refractivity contribution in [1.82, 2.24) is 30.2 Å². The SMILES string of the molecule is Cc1oncc1C(=O)Cc1ccc2nc(C3CCCC3)[nH]c2c1.Cc1oncc1C(=O)Cl.Nc1ccc2nc(C3CCCC3)[nH]c2c1. The van der Waals surface area contributed by atoms with E-state index < -0.39 is 5.24 Å². The lowest BCUT2D eigenvalue weighted by molar-refractivity contribution is 0.0990. The van der Waals surface area contributed by atoms with Gasteiger partial charge in [-0.25, -0.2) is 9.97 Å². The zero-order valence-corrected chi connectivity index (χ0v) is 27.3. The van der Waals surface area contributed by atoms with Gasteiger partial charge in [-0.2, -0.15) is 0 Å². The molecule has 4 N–H and O–H groups in total. The second-order valence-electron chi connectivity index (χ2n) is 12.3. The first-order valence-electron chi connectivity index (χ1n) is 16.0. The maximum Gasteiger partial charge on any atom is 0.257 e. The average molecular weight is 656 g/mol. The molecule has 0 unspecified atom stereocenters. The number of nitrogens with one attached hydrogen (secondary N) is 2. The van der Waals surface area contributed by atoms with Gasteiger partial charge in [0.1, 0.15) is 23.2 Å². The molecule has 244 valence electrons. The molecule has 0 spiro atoms.